The fourth-order valence-electron chi connectivity index (χ4n) is 3.95. The van der Waals surface area contributed by atoms with Crippen molar-refractivity contribution in [2.24, 2.45) is 5.92 Å². The number of aromatic nitrogens is 3. The molecule has 1 saturated heterocycles. The van der Waals surface area contributed by atoms with Gasteiger partial charge in [0.05, 0.1) is 0 Å². The van der Waals surface area contributed by atoms with E-state index >= 15 is 0 Å². The predicted octanol–water partition coefficient (Wildman–Crippen LogP) is 3.21. The van der Waals surface area contributed by atoms with Crippen molar-refractivity contribution in [1.29, 1.82) is 0 Å². The van der Waals surface area contributed by atoms with E-state index in [9.17, 15) is 14.4 Å². The molecule has 1 fully saturated rings. The number of fused-ring (bicyclic) bond motifs is 1. The van der Waals surface area contributed by atoms with Crippen LogP contribution in [0.25, 0.3) is 10.3 Å². The third-order valence-electron chi connectivity index (χ3n) is 5.89. The number of rotatable bonds is 6. The molecule has 9 heteroatoms. The number of carbonyl (C=O) groups excluding carboxylic acids is 1. The summed E-state index contributed by atoms with van der Waals surface area (Å²) in [4.78, 5) is 45.8. The fourth-order valence-corrected chi connectivity index (χ4v) is 5.02. The minimum Gasteiger partial charge on any atom is -0.348 e. The van der Waals surface area contributed by atoms with Gasteiger partial charge in [-0.25, -0.2) is 9.78 Å². The molecule has 0 unspecified atom stereocenters. The standard InChI is InChI=1S/C23H29N5O3S/c1-4-11-27-21(30)19-20(25-22(32-19)26-12-9-16(3)10-13-26)28(23(27)31)14-18(29)24-17-7-5-15(2)6-8-17/h5-8,16H,4,9-14H2,1-3H3,(H,24,29). The monoisotopic (exact) mass is 455 g/mol. The Kier molecular flexibility index (Phi) is 6.45. The summed E-state index contributed by atoms with van der Waals surface area (Å²) < 4.78 is 2.99. The van der Waals surface area contributed by atoms with Crippen LogP contribution in [-0.4, -0.2) is 33.1 Å². The Morgan fingerprint density at radius 3 is 2.50 bits per heavy atom. The molecule has 0 spiro atoms. The molecule has 4 rings (SSSR count). The van der Waals surface area contributed by atoms with Crippen LogP contribution in [0.5, 0.6) is 0 Å². The molecule has 0 aliphatic carbocycles. The number of piperidine rings is 1. The zero-order chi connectivity index (χ0) is 22.8. The molecule has 1 aliphatic rings. The summed E-state index contributed by atoms with van der Waals surface area (Å²) in [7, 11) is 0. The van der Waals surface area contributed by atoms with E-state index in [1.54, 1.807) is 0 Å². The number of hydrogen-bond donors (Lipinski definition) is 1. The van der Waals surface area contributed by atoms with Crippen molar-refractivity contribution in [3.05, 3.63) is 50.7 Å². The van der Waals surface area contributed by atoms with Gasteiger partial charge in [0.15, 0.2) is 10.8 Å². The molecular formula is C23H29N5O3S. The smallest absolute Gasteiger partial charge is 0.333 e. The predicted molar refractivity (Wildman–Crippen MR) is 129 cm³/mol. The van der Waals surface area contributed by atoms with E-state index in [0.29, 0.717) is 34.9 Å². The van der Waals surface area contributed by atoms with Gasteiger partial charge in [0.2, 0.25) is 5.91 Å². The quantitative estimate of drug-likeness (QED) is 0.617. The lowest BCUT2D eigenvalue weighted by atomic mass is 10.00. The van der Waals surface area contributed by atoms with E-state index in [0.717, 1.165) is 36.6 Å². The SMILES string of the molecule is CCCn1c(=O)c2sc(N3CCC(C)CC3)nc2n(CC(=O)Nc2ccc(C)cc2)c1=O. The van der Waals surface area contributed by atoms with Crippen LogP contribution in [0.1, 0.15) is 38.7 Å². The topological polar surface area (TPSA) is 89.2 Å². The van der Waals surface area contributed by atoms with Crippen molar-refractivity contribution in [1.82, 2.24) is 14.1 Å². The van der Waals surface area contributed by atoms with Crippen LogP contribution in [0.4, 0.5) is 10.8 Å². The third kappa shape index (κ3) is 4.48. The molecule has 0 atom stereocenters. The number of anilines is 2. The number of nitrogens with one attached hydrogen (secondary N) is 1. The number of nitrogens with zero attached hydrogens (tertiary/aromatic N) is 4. The maximum Gasteiger partial charge on any atom is 0.333 e. The van der Waals surface area contributed by atoms with E-state index in [1.807, 2.05) is 38.1 Å². The summed E-state index contributed by atoms with van der Waals surface area (Å²) >= 11 is 1.32. The molecular weight excluding hydrogens is 426 g/mol. The van der Waals surface area contributed by atoms with Crippen LogP contribution in [0, 0.1) is 12.8 Å². The fraction of sp³-hybridized carbons (Fsp3) is 0.478. The molecule has 1 aromatic carbocycles. The molecule has 1 aliphatic heterocycles. The normalized spacial score (nSPS) is 14.8. The lowest BCUT2D eigenvalue weighted by Crippen LogP contribution is -2.41. The summed E-state index contributed by atoms with van der Waals surface area (Å²) in [6.07, 6.45) is 2.79. The highest BCUT2D eigenvalue weighted by molar-refractivity contribution is 7.22. The molecule has 1 N–H and O–H groups in total. The second kappa shape index (κ2) is 9.28. The van der Waals surface area contributed by atoms with Crippen LogP contribution >= 0.6 is 11.3 Å². The highest BCUT2D eigenvalue weighted by Gasteiger charge is 2.23. The van der Waals surface area contributed by atoms with Crippen LogP contribution in [0.2, 0.25) is 0 Å². The van der Waals surface area contributed by atoms with E-state index in [-0.39, 0.29) is 18.0 Å². The molecule has 2 aromatic heterocycles. The molecule has 32 heavy (non-hydrogen) atoms. The summed E-state index contributed by atoms with van der Waals surface area (Å²) in [5, 5.41) is 3.57. The molecule has 0 bridgehead atoms. The van der Waals surface area contributed by atoms with E-state index in [4.69, 9.17) is 0 Å². The second-order valence-electron chi connectivity index (χ2n) is 8.56. The lowest BCUT2D eigenvalue weighted by molar-refractivity contribution is -0.116. The number of benzene rings is 1. The highest BCUT2D eigenvalue weighted by Crippen LogP contribution is 2.29. The third-order valence-corrected chi connectivity index (χ3v) is 6.99. The average Bonchev–Trinajstić information content (AvgIpc) is 3.22. The number of aryl methyl sites for hydroxylation is 1. The van der Waals surface area contributed by atoms with Gasteiger partial charge in [0.1, 0.15) is 11.2 Å². The molecule has 3 heterocycles. The molecule has 3 aromatic rings. The van der Waals surface area contributed by atoms with Gasteiger partial charge in [-0.1, -0.05) is 42.9 Å². The lowest BCUT2D eigenvalue weighted by Gasteiger charge is -2.29. The van der Waals surface area contributed by atoms with E-state index in [1.165, 1.54) is 20.5 Å². The van der Waals surface area contributed by atoms with E-state index < -0.39 is 5.69 Å². The second-order valence-corrected chi connectivity index (χ2v) is 9.54. The van der Waals surface area contributed by atoms with Crippen molar-refractivity contribution >= 4 is 38.4 Å². The van der Waals surface area contributed by atoms with Gasteiger partial charge in [0, 0.05) is 25.3 Å². The Morgan fingerprint density at radius 1 is 1.16 bits per heavy atom. The first kappa shape index (κ1) is 22.3. The minimum atomic E-state index is -0.493. The van der Waals surface area contributed by atoms with Gasteiger partial charge in [-0.3, -0.25) is 18.7 Å². The van der Waals surface area contributed by atoms with Crippen molar-refractivity contribution in [3.63, 3.8) is 0 Å². The van der Waals surface area contributed by atoms with Crippen molar-refractivity contribution in [2.75, 3.05) is 23.3 Å². The molecule has 8 nitrogen and oxygen atoms in total. The van der Waals surface area contributed by atoms with Crippen molar-refractivity contribution in [3.8, 4) is 0 Å². The van der Waals surface area contributed by atoms with Gasteiger partial charge < -0.3 is 10.2 Å². The molecule has 1 amide bonds. The van der Waals surface area contributed by atoms with Gasteiger partial charge in [-0.15, -0.1) is 0 Å². The number of hydrogen-bond acceptors (Lipinski definition) is 6. The Labute approximate surface area is 190 Å². The van der Waals surface area contributed by atoms with Gasteiger partial charge in [0.25, 0.3) is 5.56 Å². The zero-order valence-corrected chi connectivity index (χ0v) is 19.6. The molecule has 0 radical (unpaired) electrons. The first-order valence-electron chi connectivity index (χ1n) is 11.1. The first-order valence-corrected chi connectivity index (χ1v) is 11.9. The van der Waals surface area contributed by atoms with Crippen LogP contribution < -0.4 is 21.5 Å². The van der Waals surface area contributed by atoms with Gasteiger partial charge in [-0.2, -0.15) is 0 Å². The maximum absolute atomic E-state index is 13.2. The van der Waals surface area contributed by atoms with Gasteiger partial charge in [-0.05, 0) is 44.2 Å². The Morgan fingerprint density at radius 2 is 1.84 bits per heavy atom. The first-order chi connectivity index (χ1) is 15.4. The highest BCUT2D eigenvalue weighted by atomic mass is 32.1. The summed E-state index contributed by atoms with van der Waals surface area (Å²) in [6.45, 7) is 7.99. The van der Waals surface area contributed by atoms with E-state index in [2.05, 4.69) is 22.1 Å². The largest absolute Gasteiger partial charge is 0.348 e. The van der Waals surface area contributed by atoms with Crippen LogP contribution in [0.3, 0.4) is 0 Å². The molecule has 0 saturated carbocycles. The van der Waals surface area contributed by atoms with Crippen molar-refractivity contribution in [2.45, 2.75) is 53.1 Å². The Balaban J connectivity index is 1.72. The maximum atomic E-state index is 13.2. The Bertz CT molecular complexity index is 1230. The minimum absolute atomic E-state index is 0.201. The van der Waals surface area contributed by atoms with Crippen LogP contribution in [0.15, 0.2) is 33.9 Å². The van der Waals surface area contributed by atoms with Gasteiger partial charge >= 0.3 is 5.69 Å². The Hall–Kier alpha value is -2.94. The van der Waals surface area contributed by atoms with Crippen molar-refractivity contribution < 1.29 is 4.79 Å². The summed E-state index contributed by atoms with van der Waals surface area (Å²) in [6, 6.07) is 7.46. The summed E-state index contributed by atoms with van der Waals surface area (Å²) in [5.41, 5.74) is 1.23. The van der Waals surface area contributed by atoms with Crippen LogP contribution in [-0.2, 0) is 17.9 Å². The molecule has 170 valence electrons. The number of thiazole rings is 1. The average molecular weight is 456 g/mol. The zero-order valence-electron chi connectivity index (χ0n) is 18.8. The summed E-state index contributed by atoms with van der Waals surface area (Å²) in [5.74, 6) is 0.339. The number of carbonyl (C=O) groups is 1. The number of amides is 1.